The molecule has 1 rings (SSSR count). The Labute approximate surface area is 73.0 Å². The van der Waals surface area contributed by atoms with Crippen molar-refractivity contribution in [2.24, 2.45) is 0 Å². The van der Waals surface area contributed by atoms with E-state index in [0.29, 0.717) is 0 Å². The molecule has 11 heavy (non-hydrogen) atoms. The smallest absolute Gasteiger partial charge is 0.161 e. The molecule has 0 N–H and O–H groups in total. The van der Waals surface area contributed by atoms with Crippen LogP contribution in [0.1, 0.15) is 5.56 Å². The zero-order chi connectivity index (χ0) is 8.43. The summed E-state index contributed by atoms with van der Waals surface area (Å²) >= 11 is 10.9. The van der Waals surface area contributed by atoms with Gasteiger partial charge in [0.1, 0.15) is 11.6 Å². The first-order valence-corrected chi connectivity index (χ1v) is 3.46. The maximum atomic E-state index is 12.8. The summed E-state index contributed by atoms with van der Waals surface area (Å²) in [5, 5.41) is 8.38. The largest absolute Gasteiger partial charge is 0.204 e. The molecule has 0 aliphatic heterocycles. The summed E-state index contributed by atoms with van der Waals surface area (Å²) in [5.41, 5.74) is -0.209. The second-order valence-electron chi connectivity index (χ2n) is 1.83. The van der Waals surface area contributed by atoms with E-state index in [1.165, 1.54) is 12.1 Å². The van der Waals surface area contributed by atoms with E-state index in [1.54, 1.807) is 6.07 Å². The van der Waals surface area contributed by atoms with Gasteiger partial charge in [-0.3, -0.25) is 0 Å². The molecule has 0 bridgehead atoms. The minimum Gasteiger partial charge on any atom is -0.204 e. The van der Waals surface area contributed by atoms with E-state index in [0.717, 1.165) is 0 Å². The van der Waals surface area contributed by atoms with Crippen LogP contribution < -0.4 is 0 Å². The Hall–Kier alpha value is -0.780. The van der Waals surface area contributed by atoms with E-state index in [-0.39, 0.29) is 15.6 Å². The maximum absolute atomic E-state index is 12.8. The van der Waals surface area contributed by atoms with Crippen molar-refractivity contribution in [2.45, 2.75) is 0 Å². The quantitative estimate of drug-likeness (QED) is 0.576. The van der Waals surface area contributed by atoms with Crippen molar-refractivity contribution < 1.29 is 4.39 Å². The first-order chi connectivity index (χ1) is 5.16. The van der Waals surface area contributed by atoms with Crippen molar-refractivity contribution in [2.75, 3.05) is 0 Å². The monoisotopic (exact) mass is 189 g/mol. The summed E-state index contributed by atoms with van der Waals surface area (Å²) < 4.78 is 12.8. The van der Waals surface area contributed by atoms with Crippen LogP contribution in [0.5, 0.6) is 0 Å². The Morgan fingerprint density at radius 1 is 1.27 bits per heavy atom. The third-order valence-corrected chi connectivity index (χ3v) is 1.76. The summed E-state index contributed by atoms with van der Waals surface area (Å²) in [6, 6.07) is 4.30. The fourth-order valence-electron chi connectivity index (χ4n) is 0.630. The van der Waals surface area contributed by atoms with Gasteiger partial charge in [-0.15, -0.1) is 0 Å². The molecule has 0 aromatic heterocycles. The Bertz CT molecular complexity index is 330. The molecular weight excluding hydrogens is 188 g/mol. The van der Waals surface area contributed by atoms with E-state index in [9.17, 15) is 4.39 Å². The van der Waals surface area contributed by atoms with E-state index in [4.69, 9.17) is 28.5 Å². The van der Waals surface area contributed by atoms with Gasteiger partial charge in [0.05, 0.1) is 10.0 Å². The van der Waals surface area contributed by atoms with Crippen LogP contribution in [0, 0.1) is 17.1 Å². The standard InChI is InChI=1S/C7H2Cl2FN/c8-5-1-2-6(9)7(10)4(5)3-11/h1-2H. The van der Waals surface area contributed by atoms with Crippen molar-refractivity contribution in [3.8, 4) is 6.07 Å². The fraction of sp³-hybridized carbons (Fsp3) is 0. The molecule has 1 aromatic rings. The molecule has 0 aliphatic carbocycles. The molecule has 0 atom stereocenters. The number of benzene rings is 1. The summed E-state index contributed by atoms with van der Waals surface area (Å²) in [5.74, 6) is -0.762. The van der Waals surface area contributed by atoms with Gasteiger partial charge in [-0.25, -0.2) is 4.39 Å². The van der Waals surface area contributed by atoms with E-state index in [1.807, 2.05) is 0 Å². The summed E-state index contributed by atoms with van der Waals surface area (Å²) in [7, 11) is 0. The van der Waals surface area contributed by atoms with Crippen LogP contribution in [0.25, 0.3) is 0 Å². The minimum atomic E-state index is -0.762. The summed E-state index contributed by atoms with van der Waals surface area (Å²) in [6.45, 7) is 0. The van der Waals surface area contributed by atoms with Crippen LogP contribution in [-0.4, -0.2) is 0 Å². The van der Waals surface area contributed by atoms with Crippen LogP contribution in [0.3, 0.4) is 0 Å². The van der Waals surface area contributed by atoms with Gasteiger partial charge in [0, 0.05) is 0 Å². The molecule has 0 saturated heterocycles. The van der Waals surface area contributed by atoms with Crippen LogP contribution in [-0.2, 0) is 0 Å². The van der Waals surface area contributed by atoms with Crippen LogP contribution in [0.4, 0.5) is 4.39 Å². The molecule has 4 heteroatoms. The molecule has 0 amide bonds. The van der Waals surface area contributed by atoms with Crippen molar-refractivity contribution in [1.82, 2.24) is 0 Å². The number of rotatable bonds is 0. The zero-order valence-corrected chi connectivity index (χ0v) is 6.75. The Kier molecular flexibility index (Phi) is 2.33. The number of nitriles is 1. The number of nitrogens with zero attached hydrogens (tertiary/aromatic N) is 1. The predicted molar refractivity (Wildman–Crippen MR) is 41.1 cm³/mol. The Morgan fingerprint density at radius 2 is 1.82 bits per heavy atom. The maximum Gasteiger partial charge on any atom is 0.161 e. The molecule has 0 heterocycles. The SMILES string of the molecule is N#Cc1c(Cl)ccc(Cl)c1F. The highest BCUT2D eigenvalue weighted by molar-refractivity contribution is 6.34. The van der Waals surface area contributed by atoms with Gasteiger partial charge in [0.2, 0.25) is 0 Å². The topological polar surface area (TPSA) is 23.8 Å². The zero-order valence-electron chi connectivity index (χ0n) is 5.24. The summed E-state index contributed by atoms with van der Waals surface area (Å²) in [6.07, 6.45) is 0. The van der Waals surface area contributed by atoms with E-state index >= 15 is 0 Å². The molecule has 0 radical (unpaired) electrons. The predicted octanol–water partition coefficient (Wildman–Crippen LogP) is 3.00. The van der Waals surface area contributed by atoms with Crippen molar-refractivity contribution >= 4 is 23.2 Å². The molecule has 0 aliphatic rings. The van der Waals surface area contributed by atoms with Gasteiger partial charge in [-0.2, -0.15) is 5.26 Å². The first-order valence-electron chi connectivity index (χ1n) is 2.70. The molecule has 1 nitrogen and oxygen atoms in total. The number of hydrogen-bond donors (Lipinski definition) is 0. The average Bonchev–Trinajstić information content (AvgIpc) is 1.99. The molecule has 1 aromatic carbocycles. The lowest BCUT2D eigenvalue weighted by Gasteiger charge is -1.97. The van der Waals surface area contributed by atoms with Crippen molar-refractivity contribution in [1.29, 1.82) is 5.26 Å². The molecule has 0 unspecified atom stereocenters. The highest BCUT2D eigenvalue weighted by Crippen LogP contribution is 2.24. The molecule has 56 valence electrons. The highest BCUT2D eigenvalue weighted by atomic mass is 35.5. The van der Waals surface area contributed by atoms with Gasteiger partial charge in [-0.1, -0.05) is 23.2 Å². The molecular formula is C7H2Cl2FN. The second-order valence-corrected chi connectivity index (χ2v) is 2.64. The van der Waals surface area contributed by atoms with Crippen molar-refractivity contribution in [3.63, 3.8) is 0 Å². The lowest BCUT2D eigenvalue weighted by Crippen LogP contribution is -1.85. The third kappa shape index (κ3) is 1.45. The fourth-order valence-corrected chi connectivity index (χ4v) is 0.975. The first kappa shape index (κ1) is 8.32. The molecule has 0 fully saturated rings. The second kappa shape index (κ2) is 3.08. The van der Waals surface area contributed by atoms with Gasteiger partial charge < -0.3 is 0 Å². The van der Waals surface area contributed by atoms with Crippen LogP contribution in [0.2, 0.25) is 10.0 Å². The molecule has 0 saturated carbocycles. The van der Waals surface area contributed by atoms with E-state index in [2.05, 4.69) is 0 Å². The van der Waals surface area contributed by atoms with Gasteiger partial charge in [0.15, 0.2) is 5.82 Å². The molecule has 0 spiro atoms. The minimum absolute atomic E-state index is 0.0781. The number of halogens is 3. The average molecular weight is 190 g/mol. The van der Waals surface area contributed by atoms with Crippen molar-refractivity contribution in [3.05, 3.63) is 33.6 Å². The normalized spacial score (nSPS) is 9.27. The van der Waals surface area contributed by atoms with Crippen LogP contribution >= 0.6 is 23.2 Å². The summed E-state index contributed by atoms with van der Waals surface area (Å²) in [4.78, 5) is 0. The van der Waals surface area contributed by atoms with Gasteiger partial charge in [-0.05, 0) is 12.1 Å². The Morgan fingerprint density at radius 3 is 2.27 bits per heavy atom. The van der Waals surface area contributed by atoms with Gasteiger partial charge in [0.25, 0.3) is 0 Å². The lowest BCUT2D eigenvalue weighted by molar-refractivity contribution is 0.624. The third-order valence-electron chi connectivity index (χ3n) is 1.16. The highest BCUT2D eigenvalue weighted by Gasteiger charge is 2.09. The lowest BCUT2D eigenvalue weighted by atomic mass is 10.2. The number of hydrogen-bond acceptors (Lipinski definition) is 1. The Balaban J connectivity index is 3.44. The van der Waals surface area contributed by atoms with Crippen LogP contribution in [0.15, 0.2) is 12.1 Å². The van der Waals surface area contributed by atoms with E-state index < -0.39 is 5.82 Å². The van der Waals surface area contributed by atoms with Gasteiger partial charge >= 0.3 is 0 Å².